The lowest BCUT2D eigenvalue weighted by Gasteiger charge is -2.16. The Labute approximate surface area is 96.6 Å². The molecule has 86 valence electrons. The Bertz CT molecular complexity index is 396. The minimum Gasteiger partial charge on any atom is -0.493 e. The van der Waals surface area contributed by atoms with Gasteiger partial charge >= 0.3 is 0 Å². The molecule has 16 heavy (non-hydrogen) atoms. The number of hydrogen-bond acceptors (Lipinski definition) is 2. The van der Waals surface area contributed by atoms with E-state index in [1.54, 1.807) is 0 Å². The van der Waals surface area contributed by atoms with E-state index in [0.717, 1.165) is 24.2 Å². The van der Waals surface area contributed by atoms with Gasteiger partial charge in [-0.05, 0) is 30.4 Å². The summed E-state index contributed by atoms with van der Waals surface area (Å²) >= 11 is 0. The summed E-state index contributed by atoms with van der Waals surface area (Å²) in [7, 11) is 0. The van der Waals surface area contributed by atoms with Gasteiger partial charge in [-0.2, -0.15) is 0 Å². The molecular weight excluding hydrogens is 200 g/mol. The zero-order valence-electron chi connectivity index (χ0n) is 9.95. The maximum absolute atomic E-state index is 11.9. The molecule has 0 spiro atoms. The molecule has 1 atom stereocenters. The number of para-hydroxylation sites is 1. The molecule has 0 saturated carbocycles. The molecule has 2 nitrogen and oxygen atoms in total. The molecule has 1 aromatic carbocycles. The molecule has 0 bridgehead atoms. The number of rotatable bonds is 2. The standard InChI is InChI=1S/C14H18O2/c1-3-10(2)11-6-4-7-12-13(15)8-5-9-16-14(11)12/h4,6-7,10H,3,5,8-9H2,1-2H3. The molecular formula is C14H18O2. The van der Waals surface area contributed by atoms with Crippen LogP contribution in [0.5, 0.6) is 5.75 Å². The van der Waals surface area contributed by atoms with Gasteiger partial charge in [0.2, 0.25) is 0 Å². The third kappa shape index (κ3) is 1.97. The third-order valence-corrected chi connectivity index (χ3v) is 3.28. The van der Waals surface area contributed by atoms with E-state index in [1.807, 2.05) is 12.1 Å². The Morgan fingerprint density at radius 2 is 2.25 bits per heavy atom. The molecule has 1 aromatic rings. The second-order valence-electron chi connectivity index (χ2n) is 4.41. The van der Waals surface area contributed by atoms with Crippen molar-refractivity contribution in [3.63, 3.8) is 0 Å². The Morgan fingerprint density at radius 3 is 3.00 bits per heavy atom. The number of fused-ring (bicyclic) bond motifs is 1. The molecule has 0 amide bonds. The van der Waals surface area contributed by atoms with E-state index < -0.39 is 0 Å². The second kappa shape index (κ2) is 4.69. The van der Waals surface area contributed by atoms with Crippen LogP contribution in [0.4, 0.5) is 0 Å². The van der Waals surface area contributed by atoms with E-state index in [9.17, 15) is 4.79 Å². The topological polar surface area (TPSA) is 26.3 Å². The van der Waals surface area contributed by atoms with Crippen molar-refractivity contribution in [2.75, 3.05) is 6.61 Å². The van der Waals surface area contributed by atoms with Crippen molar-refractivity contribution in [3.8, 4) is 5.75 Å². The summed E-state index contributed by atoms with van der Waals surface area (Å²) in [5.74, 6) is 1.50. The van der Waals surface area contributed by atoms with Crippen LogP contribution in [0.1, 0.15) is 54.9 Å². The minimum atomic E-state index is 0.220. The van der Waals surface area contributed by atoms with Crippen molar-refractivity contribution >= 4 is 5.78 Å². The normalized spacial score (nSPS) is 17.2. The lowest BCUT2D eigenvalue weighted by Crippen LogP contribution is -2.03. The number of ketones is 1. The molecule has 2 rings (SSSR count). The van der Waals surface area contributed by atoms with Crippen molar-refractivity contribution in [1.82, 2.24) is 0 Å². The van der Waals surface area contributed by atoms with Crippen LogP contribution in [0, 0.1) is 0 Å². The van der Waals surface area contributed by atoms with E-state index in [2.05, 4.69) is 19.9 Å². The average Bonchev–Trinajstić information content (AvgIpc) is 2.50. The number of ether oxygens (including phenoxy) is 1. The first-order valence-electron chi connectivity index (χ1n) is 6.03. The highest BCUT2D eigenvalue weighted by Gasteiger charge is 2.21. The molecule has 2 heteroatoms. The highest BCUT2D eigenvalue weighted by Crippen LogP contribution is 2.34. The Morgan fingerprint density at radius 1 is 1.44 bits per heavy atom. The summed E-state index contributed by atoms with van der Waals surface area (Å²) in [5.41, 5.74) is 1.95. The molecule has 1 heterocycles. The minimum absolute atomic E-state index is 0.220. The summed E-state index contributed by atoms with van der Waals surface area (Å²) in [6.45, 7) is 4.99. The Balaban J connectivity index is 2.48. The summed E-state index contributed by atoms with van der Waals surface area (Å²) in [6, 6.07) is 5.92. The molecule has 1 unspecified atom stereocenters. The predicted octanol–water partition coefficient (Wildman–Crippen LogP) is 3.56. The van der Waals surface area contributed by atoms with Crippen LogP contribution in [-0.2, 0) is 0 Å². The Hall–Kier alpha value is -1.31. The van der Waals surface area contributed by atoms with Gasteiger partial charge in [-0.3, -0.25) is 4.79 Å². The van der Waals surface area contributed by atoms with Crippen LogP contribution in [-0.4, -0.2) is 12.4 Å². The fourth-order valence-corrected chi connectivity index (χ4v) is 2.09. The maximum atomic E-state index is 11.9. The first-order chi connectivity index (χ1) is 7.74. The van der Waals surface area contributed by atoms with Crippen molar-refractivity contribution in [1.29, 1.82) is 0 Å². The fraction of sp³-hybridized carbons (Fsp3) is 0.500. The van der Waals surface area contributed by atoms with Gasteiger partial charge in [0, 0.05) is 6.42 Å². The first-order valence-corrected chi connectivity index (χ1v) is 6.03. The van der Waals surface area contributed by atoms with Crippen LogP contribution in [0.15, 0.2) is 18.2 Å². The third-order valence-electron chi connectivity index (χ3n) is 3.28. The van der Waals surface area contributed by atoms with Gasteiger partial charge in [-0.25, -0.2) is 0 Å². The zero-order chi connectivity index (χ0) is 11.5. The van der Waals surface area contributed by atoms with Crippen molar-refractivity contribution in [2.24, 2.45) is 0 Å². The Kier molecular flexibility index (Phi) is 3.28. The fourth-order valence-electron chi connectivity index (χ4n) is 2.09. The van der Waals surface area contributed by atoms with E-state index in [-0.39, 0.29) is 5.78 Å². The van der Waals surface area contributed by atoms with Crippen molar-refractivity contribution in [3.05, 3.63) is 29.3 Å². The lowest BCUT2D eigenvalue weighted by molar-refractivity contribution is 0.0983. The van der Waals surface area contributed by atoms with Gasteiger partial charge in [0.15, 0.2) is 5.78 Å². The van der Waals surface area contributed by atoms with Gasteiger partial charge in [0.1, 0.15) is 5.75 Å². The molecule has 0 N–H and O–H groups in total. The number of carbonyl (C=O) groups is 1. The van der Waals surface area contributed by atoms with Gasteiger partial charge in [0.05, 0.1) is 12.2 Å². The number of hydrogen-bond donors (Lipinski definition) is 0. The molecule has 1 aliphatic rings. The summed E-state index contributed by atoms with van der Waals surface area (Å²) in [5, 5.41) is 0. The highest BCUT2D eigenvalue weighted by atomic mass is 16.5. The van der Waals surface area contributed by atoms with Crippen molar-refractivity contribution < 1.29 is 9.53 Å². The average molecular weight is 218 g/mol. The van der Waals surface area contributed by atoms with E-state index in [1.165, 1.54) is 5.56 Å². The van der Waals surface area contributed by atoms with E-state index >= 15 is 0 Å². The lowest BCUT2D eigenvalue weighted by atomic mass is 9.94. The second-order valence-corrected chi connectivity index (χ2v) is 4.41. The van der Waals surface area contributed by atoms with Gasteiger partial charge < -0.3 is 4.74 Å². The summed E-state index contributed by atoms with van der Waals surface area (Å²) < 4.78 is 5.75. The molecule has 0 fully saturated rings. The predicted molar refractivity (Wildman–Crippen MR) is 64.2 cm³/mol. The van der Waals surface area contributed by atoms with Crippen LogP contribution >= 0.6 is 0 Å². The summed E-state index contributed by atoms with van der Waals surface area (Å²) in [6.07, 6.45) is 2.50. The van der Waals surface area contributed by atoms with Crippen LogP contribution in [0.3, 0.4) is 0 Å². The molecule has 0 radical (unpaired) electrons. The van der Waals surface area contributed by atoms with Crippen LogP contribution in [0.25, 0.3) is 0 Å². The quantitative estimate of drug-likeness (QED) is 0.758. The van der Waals surface area contributed by atoms with Gasteiger partial charge in [-0.1, -0.05) is 26.0 Å². The van der Waals surface area contributed by atoms with Gasteiger partial charge in [-0.15, -0.1) is 0 Å². The number of benzene rings is 1. The maximum Gasteiger partial charge on any atom is 0.166 e. The van der Waals surface area contributed by atoms with Gasteiger partial charge in [0.25, 0.3) is 0 Å². The van der Waals surface area contributed by atoms with E-state index in [0.29, 0.717) is 18.9 Å². The monoisotopic (exact) mass is 218 g/mol. The largest absolute Gasteiger partial charge is 0.493 e. The van der Waals surface area contributed by atoms with Crippen molar-refractivity contribution in [2.45, 2.75) is 39.0 Å². The molecule has 0 aromatic heterocycles. The molecule has 0 aliphatic carbocycles. The first kappa shape index (κ1) is 11.2. The zero-order valence-corrected chi connectivity index (χ0v) is 9.95. The van der Waals surface area contributed by atoms with Crippen LogP contribution in [0.2, 0.25) is 0 Å². The SMILES string of the molecule is CCC(C)c1cccc2c1OCCCC2=O. The van der Waals surface area contributed by atoms with Crippen LogP contribution < -0.4 is 4.74 Å². The molecule has 1 aliphatic heterocycles. The smallest absolute Gasteiger partial charge is 0.166 e. The molecule has 0 saturated heterocycles. The highest BCUT2D eigenvalue weighted by molar-refractivity contribution is 5.99. The van der Waals surface area contributed by atoms with E-state index in [4.69, 9.17) is 4.74 Å². The number of carbonyl (C=O) groups excluding carboxylic acids is 1. The number of Topliss-reactive ketones (excluding diaryl/α,β-unsaturated/α-hetero) is 1. The summed E-state index contributed by atoms with van der Waals surface area (Å²) in [4.78, 5) is 11.9.